The van der Waals surface area contributed by atoms with Crippen LogP contribution in [-0.2, 0) is 7.05 Å². The smallest absolute Gasteiger partial charge is 0.358 e. The number of hydrogen-bond acceptors (Lipinski definition) is 5. The van der Waals surface area contributed by atoms with Gasteiger partial charge in [0, 0.05) is 32.7 Å². The van der Waals surface area contributed by atoms with E-state index in [1.54, 1.807) is 11.6 Å². The van der Waals surface area contributed by atoms with Gasteiger partial charge in [0.1, 0.15) is 0 Å². The molecule has 0 aromatic carbocycles. The molecule has 0 spiro atoms. The minimum Gasteiger partial charge on any atom is -0.358 e. The maximum Gasteiger partial charge on any atom is 0.406 e. The molecule has 0 aliphatic carbocycles. The summed E-state index contributed by atoms with van der Waals surface area (Å²) in [6.07, 6.45) is 1.49. The third-order valence-electron chi connectivity index (χ3n) is 2.73. The lowest BCUT2D eigenvalue weighted by molar-refractivity contribution is -0.388. The highest BCUT2D eigenvalue weighted by atomic mass is 16.6. The first-order valence-corrected chi connectivity index (χ1v) is 5.23. The molecule has 1 N–H and O–H groups in total. The average Bonchev–Trinajstić information content (AvgIpc) is 2.60. The summed E-state index contributed by atoms with van der Waals surface area (Å²) in [7, 11) is 1.78. The zero-order chi connectivity index (χ0) is 11.7. The van der Waals surface area contributed by atoms with Crippen molar-refractivity contribution in [3.05, 3.63) is 16.4 Å². The average molecular weight is 225 g/mol. The lowest BCUT2D eigenvalue weighted by atomic mass is 10.2. The van der Waals surface area contributed by atoms with Gasteiger partial charge in [0.2, 0.25) is 12.1 Å². The van der Waals surface area contributed by atoms with Crippen LogP contribution < -0.4 is 10.2 Å². The SMILES string of the molecule is CC1CN(c2c([N+](=O)[O-])ncn2C)CCN1. The number of nitrogens with zero attached hydrogens (tertiary/aromatic N) is 4. The van der Waals surface area contributed by atoms with Gasteiger partial charge in [-0.25, -0.2) is 0 Å². The third kappa shape index (κ3) is 1.85. The highest BCUT2D eigenvalue weighted by Gasteiger charge is 2.27. The number of rotatable bonds is 2. The maximum atomic E-state index is 10.8. The van der Waals surface area contributed by atoms with Crippen molar-refractivity contribution in [3.8, 4) is 0 Å². The van der Waals surface area contributed by atoms with E-state index in [4.69, 9.17) is 0 Å². The van der Waals surface area contributed by atoms with Gasteiger partial charge in [0.05, 0.1) is 0 Å². The molecule has 0 bridgehead atoms. The zero-order valence-electron chi connectivity index (χ0n) is 9.38. The number of anilines is 1. The number of aryl methyl sites for hydroxylation is 1. The van der Waals surface area contributed by atoms with Crippen LogP contribution in [-0.4, -0.2) is 40.2 Å². The van der Waals surface area contributed by atoms with Gasteiger partial charge in [-0.1, -0.05) is 0 Å². The second-order valence-corrected chi connectivity index (χ2v) is 4.06. The fourth-order valence-corrected chi connectivity index (χ4v) is 2.03. The Kier molecular flexibility index (Phi) is 2.78. The van der Waals surface area contributed by atoms with Crippen molar-refractivity contribution < 1.29 is 4.92 Å². The summed E-state index contributed by atoms with van der Waals surface area (Å²) in [5, 5.41) is 14.1. The van der Waals surface area contributed by atoms with Crippen LogP contribution in [0.3, 0.4) is 0 Å². The van der Waals surface area contributed by atoms with E-state index in [2.05, 4.69) is 17.2 Å². The summed E-state index contributed by atoms with van der Waals surface area (Å²) in [5.74, 6) is 0.537. The molecule has 0 saturated carbocycles. The van der Waals surface area contributed by atoms with Gasteiger partial charge in [-0.2, -0.15) is 0 Å². The second kappa shape index (κ2) is 4.09. The molecule has 1 aromatic rings. The summed E-state index contributed by atoms with van der Waals surface area (Å²) in [6, 6.07) is 0.336. The van der Waals surface area contributed by atoms with Gasteiger partial charge in [-0.3, -0.25) is 4.57 Å². The van der Waals surface area contributed by atoms with Crippen LogP contribution in [0.15, 0.2) is 6.33 Å². The first kappa shape index (κ1) is 10.9. The number of imidazole rings is 1. The Morgan fingerprint density at radius 2 is 2.44 bits per heavy atom. The van der Waals surface area contributed by atoms with Crippen molar-refractivity contribution in [2.45, 2.75) is 13.0 Å². The van der Waals surface area contributed by atoms with Crippen molar-refractivity contribution in [2.75, 3.05) is 24.5 Å². The van der Waals surface area contributed by atoms with Crippen LogP contribution in [0, 0.1) is 10.1 Å². The van der Waals surface area contributed by atoms with Crippen LogP contribution in [0.1, 0.15) is 6.92 Å². The summed E-state index contributed by atoms with van der Waals surface area (Å²) in [4.78, 5) is 16.2. The molecule has 16 heavy (non-hydrogen) atoms. The van der Waals surface area contributed by atoms with Gasteiger partial charge >= 0.3 is 5.82 Å². The van der Waals surface area contributed by atoms with Crippen LogP contribution in [0.2, 0.25) is 0 Å². The van der Waals surface area contributed by atoms with Crippen molar-refractivity contribution in [2.24, 2.45) is 7.05 Å². The molecular formula is C9H15N5O2. The number of nitrogens with one attached hydrogen (secondary N) is 1. The topological polar surface area (TPSA) is 76.2 Å². The molecule has 2 rings (SSSR count). The van der Waals surface area contributed by atoms with E-state index in [0.29, 0.717) is 11.9 Å². The van der Waals surface area contributed by atoms with Crippen LogP contribution >= 0.6 is 0 Å². The van der Waals surface area contributed by atoms with E-state index in [0.717, 1.165) is 19.6 Å². The molecule has 7 nitrogen and oxygen atoms in total. The summed E-state index contributed by atoms with van der Waals surface area (Å²) >= 11 is 0. The standard InChI is InChI=1S/C9H15N5O2/c1-7-5-13(4-3-10-7)9-8(14(15)16)11-6-12(9)2/h6-7,10H,3-5H2,1-2H3. The van der Waals surface area contributed by atoms with E-state index in [1.165, 1.54) is 6.33 Å². The van der Waals surface area contributed by atoms with E-state index in [9.17, 15) is 10.1 Å². The first-order valence-electron chi connectivity index (χ1n) is 5.23. The zero-order valence-corrected chi connectivity index (χ0v) is 9.38. The molecule has 2 heterocycles. The van der Waals surface area contributed by atoms with Gasteiger partial charge in [-0.15, -0.1) is 0 Å². The van der Waals surface area contributed by atoms with E-state index in [-0.39, 0.29) is 5.82 Å². The Balaban J connectivity index is 2.31. The Bertz CT molecular complexity index is 403. The fraction of sp³-hybridized carbons (Fsp3) is 0.667. The molecule has 0 radical (unpaired) electrons. The lowest BCUT2D eigenvalue weighted by Gasteiger charge is -2.32. The molecule has 0 amide bonds. The number of nitro groups is 1. The van der Waals surface area contributed by atoms with Crippen LogP contribution in [0.5, 0.6) is 0 Å². The Morgan fingerprint density at radius 1 is 1.69 bits per heavy atom. The minimum atomic E-state index is -0.429. The monoisotopic (exact) mass is 225 g/mol. The number of piperazine rings is 1. The lowest BCUT2D eigenvalue weighted by Crippen LogP contribution is -2.49. The molecular weight excluding hydrogens is 210 g/mol. The summed E-state index contributed by atoms with van der Waals surface area (Å²) in [5.41, 5.74) is 0. The van der Waals surface area contributed by atoms with Gasteiger partial charge in [0.25, 0.3) is 0 Å². The number of aromatic nitrogens is 2. The summed E-state index contributed by atoms with van der Waals surface area (Å²) < 4.78 is 1.70. The molecule has 1 atom stereocenters. The normalized spacial score (nSPS) is 21.1. The Morgan fingerprint density at radius 3 is 3.06 bits per heavy atom. The van der Waals surface area contributed by atoms with Crippen LogP contribution in [0.25, 0.3) is 0 Å². The third-order valence-corrected chi connectivity index (χ3v) is 2.73. The molecule has 7 heteroatoms. The molecule has 1 aliphatic rings. The first-order chi connectivity index (χ1) is 7.59. The Hall–Kier alpha value is -1.63. The predicted octanol–water partition coefficient (Wildman–Crippen LogP) is 0.126. The maximum absolute atomic E-state index is 10.8. The molecule has 1 unspecified atom stereocenters. The molecule has 1 fully saturated rings. The summed E-state index contributed by atoms with van der Waals surface area (Å²) in [6.45, 7) is 4.43. The van der Waals surface area contributed by atoms with Gasteiger partial charge in [0.15, 0.2) is 0 Å². The molecule has 1 saturated heterocycles. The van der Waals surface area contributed by atoms with Crippen molar-refractivity contribution >= 4 is 11.6 Å². The molecule has 1 aliphatic heterocycles. The van der Waals surface area contributed by atoms with Gasteiger partial charge in [-0.05, 0) is 16.8 Å². The van der Waals surface area contributed by atoms with Crippen molar-refractivity contribution in [3.63, 3.8) is 0 Å². The van der Waals surface area contributed by atoms with Crippen molar-refractivity contribution in [1.29, 1.82) is 0 Å². The quantitative estimate of drug-likeness (QED) is 0.571. The van der Waals surface area contributed by atoms with Crippen molar-refractivity contribution in [1.82, 2.24) is 14.9 Å². The number of hydrogen-bond donors (Lipinski definition) is 1. The fourth-order valence-electron chi connectivity index (χ4n) is 2.03. The van der Waals surface area contributed by atoms with E-state index >= 15 is 0 Å². The predicted molar refractivity (Wildman–Crippen MR) is 59.5 cm³/mol. The van der Waals surface area contributed by atoms with E-state index in [1.807, 2.05) is 4.90 Å². The van der Waals surface area contributed by atoms with Crippen LogP contribution in [0.4, 0.5) is 11.6 Å². The highest BCUT2D eigenvalue weighted by molar-refractivity contribution is 5.55. The van der Waals surface area contributed by atoms with Gasteiger partial charge < -0.3 is 20.3 Å². The highest BCUT2D eigenvalue weighted by Crippen LogP contribution is 2.26. The molecule has 1 aromatic heterocycles. The molecule has 88 valence electrons. The van der Waals surface area contributed by atoms with E-state index < -0.39 is 4.92 Å². The largest absolute Gasteiger partial charge is 0.406 e. The minimum absolute atomic E-state index is 0.0587. The Labute approximate surface area is 93.2 Å². The second-order valence-electron chi connectivity index (χ2n) is 4.06.